The van der Waals surface area contributed by atoms with Crippen molar-refractivity contribution in [3.8, 4) is 0 Å². The summed E-state index contributed by atoms with van der Waals surface area (Å²) in [7, 11) is 2.08. The van der Waals surface area contributed by atoms with Gasteiger partial charge < -0.3 is 4.90 Å². The first-order valence-electron chi connectivity index (χ1n) is 8.05. The van der Waals surface area contributed by atoms with E-state index in [1.807, 2.05) is 41.5 Å². The highest BCUT2D eigenvalue weighted by atomic mass is 16.2. The van der Waals surface area contributed by atoms with E-state index in [-0.39, 0.29) is 5.91 Å². The van der Waals surface area contributed by atoms with Gasteiger partial charge in [0.1, 0.15) is 5.69 Å². The van der Waals surface area contributed by atoms with Gasteiger partial charge in [0.2, 0.25) is 0 Å². The summed E-state index contributed by atoms with van der Waals surface area (Å²) in [5.74, 6) is -0.142. The van der Waals surface area contributed by atoms with Gasteiger partial charge in [0.25, 0.3) is 5.91 Å². The molecule has 0 aliphatic carbocycles. The Balaban J connectivity index is 1.50. The van der Waals surface area contributed by atoms with E-state index in [2.05, 4.69) is 27.7 Å². The Morgan fingerprint density at radius 1 is 1.21 bits per heavy atom. The fourth-order valence-corrected chi connectivity index (χ4v) is 2.51. The third-order valence-corrected chi connectivity index (χ3v) is 3.92. The first-order valence-corrected chi connectivity index (χ1v) is 8.05. The lowest BCUT2D eigenvalue weighted by Gasteiger charge is -2.31. The topological polar surface area (TPSA) is 66.3 Å². The molecule has 0 saturated carbocycles. The van der Waals surface area contributed by atoms with Crippen molar-refractivity contribution in [2.45, 2.75) is 6.54 Å². The molecule has 7 heteroatoms. The molecule has 0 unspecified atom stereocenters. The van der Waals surface area contributed by atoms with E-state index in [1.165, 1.54) is 6.08 Å². The van der Waals surface area contributed by atoms with Gasteiger partial charge in [-0.15, -0.1) is 5.10 Å². The second kappa shape index (κ2) is 7.85. The van der Waals surface area contributed by atoms with Crippen LogP contribution in [0, 0.1) is 0 Å². The van der Waals surface area contributed by atoms with Gasteiger partial charge in [0.15, 0.2) is 0 Å². The normalized spacial score (nSPS) is 16.5. The van der Waals surface area contributed by atoms with Gasteiger partial charge >= 0.3 is 0 Å². The van der Waals surface area contributed by atoms with E-state index in [0.717, 1.165) is 31.7 Å². The van der Waals surface area contributed by atoms with Gasteiger partial charge in [0.05, 0.1) is 12.7 Å². The summed E-state index contributed by atoms with van der Waals surface area (Å²) in [6.45, 7) is 4.25. The van der Waals surface area contributed by atoms with E-state index in [1.54, 1.807) is 10.8 Å². The number of amides is 1. The van der Waals surface area contributed by atoms with Gasteiger partial charge in [-0.2, -0.15) is 0 Å². The molecule has 1 aromatic carbocycles. The number of hydrazine groups is 1. The molecule has 126 valence electrons. The van der Waals surface area contributed by atoms with Crippen LogP contribution in [-0.4, -0.2) is 64.0 Å². The average Bonchev–Trinajstić information content (AvgIpc) is 3.03. The summed E-state index contributed by atoms with van der Waals surface area (Å²) >= 11 is 0. The number of hydrogen-bond acceptors (Lipinski definition) is 5. The van der Waals surface area contributed by atoms with Crippen LogP contribution in [0.3, 0.4) is 0 Å². The molecule has 1 aliphatic heterocycles. The molecule has 1 N–H and O–H groups in total. The Morgan fingerprint density at radius 2 is 1.96 bits per heavy atom. The van der Waals surface area contributed by atoms with Gasteiger partial charge in [0, 0.05) is 32.3 Å². The molecule has 1 aliphatic rings. The molecule has 7 nitrogen and oxygen atoms in total. The van der Waals surface area contributed by atoms with Crippen LogP contribution in [0.4, 0.5) is 0 Å². The van der Waals surface area contributed by atoms with Crippen molar-refractivity contribution in [2.24, 2.45) is 0 Å². The minimum atomic E-state index is -0.142. The second-order valence-electron chi connectivity index (χ2n) is 5.93. The molecule has 1 saturated heterocycles. The number of carbonyl (C=O) groups excluding carboxylic acids is 1. The van der Waals surface area contributed by atoms with Crippen LogP contribution < -0.4 is 5.43 Å². The number of benzene rings is 1. The zero-order valence-electron chi connectivity index (χ0n) is 13.8. The van der Waals surface area contributed by atoms with Crippen molar-refractivity contribution in [1.82, 2.24) is 30.3 Å². The monoisotopic (exact) mass is 326 g/mol. The van der Waals surface area contributed by atoms with Crippen LogP contribution in [-0.2, 0) is 11.3 Å². The zero-order chi connectivity index (χ0) is 16.8. The van der Waals surface area contributed by atoms with Crippen molar-refractivity contribution in [1.29, 1.82) is 0 Å². The molecule has 1 amide bonds. The first kappa shape index (κ1) is 16.4. The largest absolute Gasteiger partial charge is 0.304 e. The Labute approximate surface area is 141 Å². The third-order valence-electron chi connectivity index (χ3n) is 3.92. The van der Waals surface area contributed by atoms with E-state index in [0.29, 0.717) is 12.2 Å². The summed E-state index contributed by atoms with van der Waals surface area (Å²) < 4.78 is 1.76. The lowest BCUT2D eigenvalue weighted by molar-refractivity contribution is -0.121. The van der Waals surface area contributed by atoms with Crippen LogP contribution in [0.5, 0.6) is 0 Å². The SMILES string of the molecule is CN1CCN(NC(=O)/C=C/c2cn(Cc3ccccc3)nn2)CC1. The molecule has 0 atom stereocenters. The maximum atomic E-state index is 12.0. The van der Waals surface area contributed by atoms with Crippen LogP contribution in [0.15, 0.2) is 42.6 Å². The van der Waals surface area contributed by atoms with Gasteiger partial charge in [-0.3, -0.25) is 10.2 Å². The van der Waals surface area contributed by atoms with E-state index in [4.69, 9.17) is 0 Å². The fourth-order valence-electron chi connectivity index (χ4n) is 2.51. The standard InChI is InChI=1S/C17H22N6O/c1-21-9-11-22(12-10-21)19-17(24)8-7-16-14-23(20-18-16)13-15-5-3-2-4-6-15/h2-8,14H,9-13H2,1H3,(H,19,24)/b8-7+. The third kappa shape index (κ3) is 4.74. The number of aromatic nitrogens is 3. The Morgan fingerprint density at radius 3 is 2.71 bits per heavy atom. The summed E-state index contributed by atoms with van der Waals surface area (Å²) in [5.41, 5.74) is 4.71. The van der Waals surface area contributed by atoms with Crippen LogP contribution in [0.1, 0.15) is 11.3 Å². The molecule has 1 aromatic heterocycles. The molecule has 0 bridgehead atoms. The van der Waals surface area contributed by atoms with Crippen LogP contribution >= 0.6 is 0 Å². The highest BCUT2D eigenvalue weighted by Crippen LogP contribution is 2.03. The van der Waals surface area contributed by atoms with E-state index >= 15 is 0 Å². The van der Waals surface area contributed by atoms with Crippen LogP contribution in [0.25, 0.3) is 6.08 Å². The highest BCUT2D eigenvalue weighted by molar-refractivity contribution is 5.91. The fraction of sp³-hybridized carbons (Fsp3) is 0.353. The number of piperazine rings is 1. The minimum absolute atomic E-state index is 0.142. The number of rotatable bonds is 5. The average molecular weight is 326 g/mol. The molecular formula is C17H22N6O. The van der Waals surface area contributed by atoms with Gasteiger partial charge in [-0.1, -0.05) is 35.5 Å². The van der Waals surface area contributed by atoms with Gasteiger partial charge in [-0.05, 0) is 18.7 Å². The number of hydrogen-bond donors (Lipinski definition) is 1. The number of nitrogens with one attached hydrogen (secondary N) is 1. The van der Waals surface area contributed by atoms with Crippen molar-refractivity contribution in [3.63, 3.8) is 0 Å². The summed E-state index contributed by atoms with van der Waals surface area (Å²) in [5, 5.41) is 10.1. The number of nitrogens with zero attached hydrogens (tertiary/aromatic N) is 5. The summed E-state index contributed by atoms with van der Waals surface area (Å²) in [6, 6.07) is 10.1. The lowest BCUT2D eigenvalue weighted by Crippen LogP contribution is -2.52. The quantitative estimate of drug-likeness (QED) is 0.816. The molecule has 1 fully saturated rings. The lowest BCUT2D eigenvalue weighted by atomic mass is 10.2. The number of likely N-dealkylation sites (N-methyl/N-ethyl adjacent to an activating group) is 1. The predicted octanol–water partition coefficient (Wildman–Crippen LogP) is 0.618. The highest BCUT2D eigenvalue weighted by Gasteiger charge is 2.14. The molecule has 0 spiro atoms. The van der Waals surface area contributed by atoms with Crippen molar-refractivity contribution in [2.75, 3.05) is 33.2 Å². The smallest absolute Gasteiger partial charge is 0.258 e. The number of carbonyl (C=O) groups is 1. The summed E-state index contributed by atoms with van der Waals surface area (Å²) in [6.07, 6.45) is 5.00. The second-order valence-corrected chi connectivity index (χ2v) is 5.93. The minimum Gasteiger partial charge on any atom is -0.304 e. The van der Waals surface area contributed by atoms with Crippen molar-refractivity contribution in [3.05, 3.63) is 53.9 Å². The van der Waals surface area contributed by atoms with E-state index in [9.17, 15) is 4.79 Å². The van der Waals surface area contributed by atoms with E-state index < -0.39 is 0 Å². The predicted molar refractivity (Wildman–Crippen MR) is 91.8 cm³/mol. The molecule has 2 aromatic rings. The Kier molecular flexibility index (Phi) is 5.35. The molecular weight excluding hydrogens is 304 g/mol. The molecule has 2 heterocycles. The Hall–Kier alpha value is -2.51. The maximum absolute atomic E-state index is 12.0. The van der Waals surface area contributed by atoms with Crippen molar-refractivity contribution < 1.29 is 4.79 Å². The molecule has 0 radical (unpaired) electrons. The molecule has 24 heavy (non-hydrogen) atoms. The van der Waals surface area contributed by atoms with Crippen LogP contribution in [0.2, 0.25) is 0 Å². The Bertz CT molecular complexity index is 688. The zero-order valence-corrected chi connectivity index (χ0v) is 13.8. The molecule has 3 rings (SSSR count). The first-order chi connectivity index (χ1) is 11.7. The van der Waals surface area contributed by atoms with Gasteiger partial charge in [-0.25, -0.2) is 9.69 Å². The maximum Gasteiger partial charge on any atom is 0.258 e. The summed E-state index contributed by atoms with van der Waals surface area (Å²) in [4.78, 5) is 14.2. The van der Waals surface area contributed by atoms with Crippen molar-refractivity contribution >= 4 is 12.0 Å².